The molecule has 0 saturated carbocycles. The van der Waals surface area contributed by atoms with Crippen LogP contribution in [0.15, 0.2) is 24.3 Å². The molecule has 108 valence electrons. The summed E-state index contributed by atoms with van der Waals surface area (Å²) >= 11 is 0. The van der Waals surface area contributed by atoms with Crippen LogP contribution in [0.1, 0.15) is 31.7 Å². The van der Waals surface area contributed by atoms with Crippen LogP contribution in [0.25, 0.3) is 0 Å². The average molecular weight is 264 g/mol. The Morgan fingerprint density at radius 1 is 1.32 bits per heavy atom. The molecule has 0 bridgehead atoms. The normalized spacial score (nSPS) is 12.7. The summed E-state index contributed by atoms with van der Waals surface area (Å²) in [6, 6.07) is 8.28. The molecule has 1 rings (SSSR count). The number of ether oxygens (including phenoxy) is 1. The number of hydrogen-bond acceptors (Lipinski definition) is 3. The zero-order chi connectivity index (χ0) is 14.1. The van der Waals surface area contributed by atoms with Crippen molar-refractivity contribution in [1.29, 1.82) is 0 Å². The van der Waals surface area contributed by atoms with Gasteiger partial charge in [0.2, 0.25) is 0 Å². The van der Waals surface area contributed by atoms with Gasteiger partial charge in [-0.2, -0.15) is 0 Å². The molecule has 0 aliphatic heterocycles. The van der Waals surface area contributed by atoms with Gasteiger partial charge in [-0.25, -0.2) is 0 Å². The molecule has 3 heteroatoms. The molecule has 3 nitrogen and oxygen atoms in total. The summed E-state index contributed by atoms with van der Waals surface area (Å²) in [6.45, 7) is 5.20. The highest BCUT2D eigenvalue weighted by molar-refractivity contribution is 5.28. The molecular weight excluding hydrogens is 236 g/mol. The monoisotopic (exact) mass is 264 g/mol. The van der Waals surface area contributed by atoms with Crippen molar-refractivity contribution in [2.24, 2.45) is 11.7 Å². The number of nitrogens with zero attached hydrogens (tertiary/aromatic N) is 1. The summed E-state index contributed by atoms with van der Waals surface area (Å²) in [5.74, 6) is 1.68. The summed E-state index contributed by atoms with van der Waals surface area (Å²) in [5.41, 5.74) is 6.87. The van der Waals surface area contributed by atoms with Crippen LogP contribution in [0.4, 0.5) is 0 Å². The molecule has 0 aromatic heterocycles. The van der Waals surface area contributed by atoms with Crippen molar-refractivity contribution in [3.8, 4) is 5.75 Å². The third-order valence-electron chi connectivity index (χ3n) is 3.48. The Hall–Kier alpha value is -1.06. The molecular formula is C16H28N2O. The zero-order valence-electron chi connectivity index (χ0n) is 12.6. The zero-order valence-corrected chi connectivity index (χ0v) is 12.6. The summed E-state index contributed by atoms with van der Waals surface area (Å²) in [6.07, 6.45) is 3.64. The van der Waals surface area contributed by atoms with Crippen molar-refractivity contribution in [1.82, 2.24) is 4.90 Å². The first-order valence-electron chi connectivity index (χ1n) is 7.17. The largest absolute Gasteiger partial charge is 0.497 e. The maximum Gasteiger partial charge on any atom is 0.119 e. The fourth-order valence-electron chi connectivity index (χ4n) is 2.30. The lowest BCUT2D eigenvalue weighted by atomic mass is 10.0. The van der Waals surface area contributed by atoms with Gasteiger partial charge in [0.25, 0.3) is 0 Å². The molecule has 0 radical (unpaired) electrons. The summed E-state index contributed by atoms with van der Waals surface area (Å²) < 4.78 is 5.25. The highest BCUT2D eigenvalue weighted by atomic mass is 16.5. The summed E-state index contributed by atoms with van der Waals surface area (Å²) in [7, 11) is 3.88. The minimum atomic E-state index is 0.746. The molecule has 0 fully saturated rings. The van der Waals surface area contributed by atoms with E-state index in [9.17, 15) is 0 Å². The van der Waals surface area contributed by atoms with Gasteiger partial charge in [-0.05, 0) is 63.0 Å². The van der Waals surface area contributed by atoms with Crippen LogP contribution in [0.5, 0.6) is 5.75 Å². The Balaban J connectivity index is 2.28. The van der Waals surface area contributed by atoms with Crippen LogP contribution in [-0.4, -0.2) is 32.1 Å². The number of rotatable bonds is 9. The Morgan fingerprint density at radius 2 is 2.11 bits per heavy atom. The van der Waals surface area contributed by atoms with Gasteiger partial charge in [0, 0.05) is 6.54 Å². The van der Waals surface area contributed by atoms with Crippen molar-refractivity contribution < 1.29 is 4.74 Å². The molecule has 0 heterocycles. The van der Waals surface area contributed by atoms with E-state index < -0.39 is 0 Å². The minimum Gasteiger partial charge on any atom is -0.497 e. The maximum absolute atomic E-state index is 5.57. The first-order valence-corrected chi connectivity index (χ1v) is 7.17. The van der Waals surface area contributed by atoms with Crippen LogP contribution in [-0.2, 0) is 6.54 Å². The highest BCUT2D eigenvalue weighted by Gasteiger charge is 2.04. The molecule has 0 amide bonds. The number of methoxy groups -OCH3 is 1. The van der Waals surface area contributed by atoms with E-state index in [1.54, 1.807) is 7.11 Å². The van der Waals surface area contributed by atoms with Gasteiger partial charge in [0.05, 0.1) is 7.11 Å². The van der Waals surface area contributed by atoms with Gasteiger partial charge in [-0.3, -0.25) is 0 Å². The predicted octanol–water partition coefficient (Wildman–Crippen LogP) is 2.89. The van der Waals surface area contributed by atoms with Gasteiger partial charge in [-0.1, -0.05) is 19.1 Å². The Bertz CT molecular complexity index is 354. The van der Waals surface area contributed by atoms with E-state index in [0.29, 0.717) is 0 Å². The summed E-state index contributed by atoms with van der Waals surface area (Å²) in [5, 5.41) is 0. The lowest BCUT2D eigenvalue weighted by Gasteiger charge is -2.18. The lowest BCUT2D eigenvalue weighted by molar-refractivity contribution is 0.305. The Labute approximate surface area is 117 Å². The lowest BCUT2D eigenvalue weighted by Crippen LogP contribution is -2.19. The van der Waals surface area contributed by atoms with E-state index in [-0.39, 0.29) is 0 Å². The second kappa shape index (κ2) is 8.94. The van der Waals surface area contributed by atoms with Gasteiger partial charge < -0.3 is 15.4 Å². The molecule has 0 aliphatic carbocycles. The molecule has 0 saturated heterocycles. The fraction of sp³-hybridized carbons (Fsp3) is 0.625. The molecule has 0 aliphatic rings. The second-order valence-electron chi connectivity index (χ2n) is 5.41. The molecule has 2 N–H and O–H groups in total. The first-order chi connectivity index (χ1) is 9.15. The van der Waals surface area contributed by atoms with Crippen LogP contribution >= 0.6 is 0 Å². The van der Waals surface area contributed by atoms with E-state index in [2.05, 4.69) is 31.0 Å². The van der Waals surface area contributed by atoms with E-state index >= 15 is 0 Å². The van der Waals surface area contributed by atoms with Gasteiger partial charge in [-0.15, -0.1) is 0 Å². The fourth-order valence-corrected chi connectivity index (χ4v) is 2.30. The van der Waals surface area contributed by atoms with Crippen LogP contribution in [0.3, 0.4) is 0 Å². The Kier molecular flexibility index (Phi) is 7.53. The number of benzene rings is 1. The molecule has 1 atom stereocenters. The van der Waals surface area contributed by atoms with Crippen LogP contribution < -0.4 is 10.5 Å². The highest BCUT2D eigenvalue weighted by Crippen LogP contribution is 2.15. The first kappa shape index (κ1) is 16.0. The Morgan fingerprint density at radius 3 is 2.79 bits per heavy atom. The second-order valence-corrected chi connectivity index (χ2v) is 5.41. The quantitative estimate of drug-likeness (QED) is 0.745. The van der Waals surface area contributed by atoms with Crippen LogP contribution in [0.2, 0.25) is 0 Å². The van der Waals surface area contributed by atoms with Gasteiger partial charge >= 0.3 is 0 Å². The molecule has 1 aromatic carbocycles. The topological polar surface area (TPSA) is 38.5 Å². The predicted molar refractivity (Wildman–Crippen MR) is 81.4 cm³/mol. The standard InChI is InChI=1S/C16H28N2O/c1-14(9-10-17)6-5-11-18(2)13-15-7-4-8-16(12-15)19-3/h4,7-8,12,14H,5-6,9-11,13,17H2,1-3H3. The van der Waals surface area contributed by atoms with Crippen molar-refractivity contribution in [2.75, 3.05) is 27.2 Å². The van der Waals surface area contributed by atoms with E-state index in [4.69, 9.17) is 10.5 Å². The van der Waals surface area contributed by atoms with Gasteiger partial charge in [0.15, 0.2) is 0 Å². The van der Waals surface area contributed by atoms with Crippen molar-refractivity contribution >= 4 is 0 Å². The van der Waals surface area contributed by atoms with E-state index in [1.165, 1.54) is 18.4 Å². The molecule has 1 unspecified atom stereocenters. The smallest absolute Gasteiger partial charge is 0.119 e. The van der Waals surface area contributed by atoms with E-state index in [1.807, 2.05) is 12.1 Å². The third-order valence-corrected chi connectivity index (χ3v) is 3.48. The minimum absolute atomic E-state index is 0.746. The van der Waals surface area contributed by atoms with Crippen molar-refractivity contribution in [2.45, 2.75) is 32.7 Å². The summed E-state index contributed by atoms with van der Waals surface area (Å²) in [4.78, 5) is 2.37. The average Bonchev–Trinajstić information content (AvgIpc) is 2.39. The third kappa shape index (κ3) is 6.60. The van der Waals surface area contributed by atoms with Crippen molar-refractivity contribution in [3.05, 3.63) is 29.8 Å². The molecule has 19 heavy (non-hydrogen) atoms. The van der Waals surface area contributed by atoms with E-state index in [0.717, 1.165) is 37.7 Å². The number of hydrogen-bond donors (Lipinski definition) is 1. The van der Waals surface area contributed by atoms with Crippen LogP contribution in [0, 0.1) is 5.92 Å². The molecule has 1 aromatic rings. The van der Waals surface area contributed by atoms with Gasteiger partial charge in [0.1, 0.15) is 5.75 Å². The maximum atomic E-state index is 5.57. The number of nitrogens with two attached hydrogens (primary N) is 1. The van der Waals surface area contributed by atoms with Crippen molar-refractivity contribution in [3.63, 3.8) is 0 Å². The SMILES string of the molecule is COc1cccc(CN(C)CCCC(C)CCN)c1. The molecule has 0 spiro atoms.